The monoisotopic (exact) mass is 270 g/mol. The van der Waals surface area contributed by atoms with E-state index in [-0.39, 0.29) is 5.91 Å². The van der Waals surface area contributed by atoms with Crippen molar-refractivity contribution in [2.24, 2.45) is 0 Å². The number of carbonyl (C=O) groups excluding carboxylic acids is 1. The lowest BCUT2D eigenvalue weighted by atomic mass is 10.2. The number of hydrogen-bond donors (Lipinski definition) is 1. The van der Waals surface area contributed by atoms with Gasteiger partial charge in [0.15, 0.2) is 0 Å². The molecule has 3 rings (SSSR count). The van der Waals surface area contributed by atoms with E-state index >= 15 is 0 Å². The molecular weight excluding hydrogens is 260 g/mol. The largest absolute Gasteiger partial charge is 0.321 e. The highest BCUT2D eigenvalue weighted by molar-refractivity contribution is 7.07. The summed E-state index contributed by atoms with van der Waals surface area (Å²) in [5.74, 6) is -0.201. The summed E-state index contributed by atoms with van der Waals surface area (Å²) < 4.78 is 1.76. The number of rotatable bonds is 3. The first-order valence-corrected chi connectivity index (χ1v) is 6.57. The molecule has 0 saturated heterocycles. The number of nitrogens with zero attached hydrogens (tertiary/aromatic N) is 3. The third kappa shape index (κ3) is 2.53. The molecule has 2 aromatic heterocycles. The quantitative estimate of drug-likeness (QED) is 0.795. The summed E-state index contributed by atoms with van der Waals surface area (Å²) in [4.78, 5) is 15.8. The lowest BCUT2D eigenvalue weighted by Gasteiger charge is -2.05. The Labute approximate surface area is 113 Å². The molecule has 0 aliphatic carbocycles. The highest BCUT2D eigenvalue weighted by atomic mass is 32.1. The molecule has 0 unspecified atom stereocenters. The van der Waals surface area contributed by atoms with E-state index in [1.54, 1.807) is 21.8 Å². The highest BCUT2D eigenvalue weighted by Gasteiger charge is 2.07. The molecular formula is C13H10N4OS. The van der Waals surface area contributed by atoms with Gasteiger partial charge in [0, 0.05) is 23.5 Å². The summed E-state index contributed by atoms with van der Waals surface area (Å²) in [6.45, 7) is 0. The van der Waals surface area contributed by atoms with Gasteiger partial charge in [-0.3, -0.25) is 4.79 Å². The van der Waals surface area contributed by atoms with Crippen LogP contribution in [0.5, 0.6) is 0 Å². The molecule has 0 aliphatic rings. The van der Waals surface area contributed by atoms with Gasteiger partial charge in [-0.05, 0) is 30.3 Å². The fourth-order valence-corrected chi connectivity index (χ4v) is 2.17. The molecule has 94 valence electrons. The van der Waals surface area contributed by atoms with Gasteiger partial charge in [-0.15, -0.1) is 11.3 Å². The predicted molar refractivity (Wildman–Crippen MR) is 73.6 cm³/mol. The van der Waals surface area contributed by atoms with E-state index in [4.69, 9.17) is 0 Å². The number of amides is 1. The molecule has 0 aliphatic heterocycles. The van der Waals surface area contributed by atoms with Crippen molar-refractivity contribution >= 4 is 22.9 Å². The number of thiazole rings is 1. The minimum Gasteiger partial charge on any atom is -0.321 e. The molecule has 0 radical (unpaired) electrons. The van der Waals surface area contributed by atoms with E-state index in [2.05, 4.69) is 15.4 Å². The maximum absolute atomic E-state index is 11.8. The van der Waals surface area contributed by atoms with Crippen molar-refractivity contribution in [1.82, 2.24) is 14.8 Å². The van der Waals surface area contributed by atoms with Crippen LogP contribution in [-0.4, -0.2) is 20.7 Å². The van der Waals surface area contributed by atoms with Crippen molar-refractivity contribution in [2.45, 2.75) is 0 Å². The Morgan fingerprint density at radius 3 is 2.74 bits per heavy atom. The third-order valence-corrected chi connectivity index (χ3v) is 3.15. The van der Waals surface area contributed by atoms with Gasteiger partial charge in [0.1, 0.15) is 5.69 Å². The second-order valence-electron chi connectivity index (χ2n) is 3.83. The number of aromatic nitrogens is 3. The fraction of sp³-hybridized carbons (Fsp3) is 0. The van der Waals surface area contributed by atoms with Crippen molar-refractivity contribution in [1.29, 1.82) is 0 Å². The zero-order chi connectivity index (χ0) is 13.1. The highest BCUT2D eigenvalue weighted by Crippen LogP contribution is 2.13. The molecule has 1 amide bonds. The predicted octanol–water partition coefficient (Wildman–Crippen LogP) is 2.58. The van der Waals surface area contributed by atoms with Gasteiger partial charge in [-0.2, -0.15) is 5.10 Å². The molecule has 0 spiro atoms. The van der Waals surface area contributed by atoms with E-state index in [0.717, 1.165) is 11.4 Å². The summed E-state index contributed by atoms with van der Waals surface area (Å²) in [6, 6.07) is 9.31. The molecule has 3 aromatic rings. The molecule has 0 saturated carbocycles. The number of benzene rings is 1. The van der Waals surface area contributed by atoms with Crippen LogP contribution in [0.3, 0.4) is 0 Å². The maximum Gasteiger partial charge on any atom is 0.275 e. The summed E-state index contributed by atoms with van der Waals surface area (Å²) >= 11 is 1.40. The summed E-state index contributed by atoms with van der Waals surface area (Å²) in [6.07, 6.45) is 3.58. The standard InChI is InChI=1S/C13H10N4OS/c18-13(12-8-19-9-14-12)16-10-2-4-11(5-3-10)17-7-1-6-15-17/h1-9H,(H,16,18). The van der Waals surface area contributed by atoms with Crippen LogP contribution in [0.2, 0.25) is 0 Å². The van der Waals surface area contributed by atoms with Crippen molar-refractivity contribution in [3.05, 3.63) is 59.3 Å². The van der Waals surface area contributed by atoms with Crippen molar-refractivity contribution < 1.29 is 4.79 Å². The van der Waals surface area contributed by atoms with E-state index in [1.807, 2.05) is 36.5 Å². The molecule has 5 nitrogen and oxygen atoms in total. The Balaban J connectivity index is 1.75. The summed E-state index contributed by atoms with van der Waals surface area (Å²) in [7, 11) is 0. The SMILES string of the molecule is O=C(Nc1ccc(-n2cccn2)cc1)c1cscn1. The average Bonchev–Trinajstić information content (AvgIpc) is 3.13. The molecule has 1 N–H and O–H groups in total. The molecule has 6 heteroatoms. The third-order valence-electron chi connectivity index (χ3n) is 2.56. The lowest BCUT2D eigenvalue weighted by Crippen LogP contribution is -2.12. The van der Waals surface area contributed by atoms with Crippen molar-refractivity contribution in [3.63, 3.8) is 0 Å². The number of anilines is 1. The van der Waals surface area contributed by atoms with Gasteiger partial charge in [0.05, 0.1) is 11.2 Å². The first-order chi connectivity index (χ1) is 9.33. The van der Waals surface area contributed by atoms with Gasteiger partial charge >= 0.3 is 0 Å². The maximum atomic E-state index is 11.8. The summed E-state index contributed by atoms with van der Waals surface area (Å²) in [5.41, 5.74) is 3.74. The topological polar surface area (TPSA) is 59.8 Å². The summed E-state index contributed by atoms with van der Waals surface area (Å²) in [5, 5.41) is 8.65. The van der Waals surface area contributed by atoms with E-state index in [0.29, 0.717) is 5.69 Å². The van der Waals surface area contributed by atoms with Gasteiger partial charge in [-0.25, -0.2) is 9.67 Å². The first-order valence-electron chi connectivity index (χ1n) is 5.62. The first kappa shape index (κ1) is 11.6. The Hall–Kier alpha value is -2.47. The zero-order valence-corrected chi connectivity index (χ0v) is 10.7. The van der Waals surface area contributed by atoms with Crippen LogP contribution in [-0.2, 0) is 0 Å². The lowest BCUT2D eigenvalue weighted by molar-refractivity contribution is 0.102. The second-order valence-corrected chi connectivity index (χ2v) is 4.54. The molecule has 19 heavy (non-hydrogen) atoms. The average molecular weight is 270 g/mol. The van der Waals surface area contributed by atoms with E-state index in [1.165, 1.54) is 11.3 Å². The van der Waals surface area contributed by atoms with Crippen LogP contribution < -0.4 is 5.32 Å². The molecule has 2 heterocycles. The van der Waals surface area contributed by atoms with Gasteiger partial charge < -0.3 is 5.32 Å². The van der Waals surface area contributed by atoms with E-state index < -0.39 is 0 Å². The van der Waals surface area contributed by atoms with Crippen LogP contribution in [0.15, 0.2) is 53.6 Å². The number of carbonyl (C=O) groups is 1. The van der Waals surface area contributed by atoms with Crippen molar-refractivity contribution in [2.75, 3.05) is 5.32 Å². The van der Waals surface area contributed by atoms with Gasteiger partial charge in [-0.1, -0.05) is 0 Å². The minimum atomic E-state index is -0.201. The zero-order valence-electron chi connectivity index (χ0n) is 9.85. The smallest absolute Gasteiger partial charge is 0.275 e. The van der Waals surface area contributed by atoms with Crippen LogP contribution in [0.4, 0.5) is 5.69 Å². The number of nitrogens with one attached hydrogen (secondary N) is 1. The molecule has 0 bridgehead atoms. The van der Waals surface area contributed by atoms with Crippen molar-refractivity contribution in [3.8, 4) is 5.69 Å². The Bertz CT molecular complexity index is 659. The van der Waals surface area contributed by atoms with E-state index in [9.17, 15) is 4.79 Å². The van der Waals surface area contributed by atoms with Crippen LogP contribution in [0.1, 0.15) is 10.5 Å². The van der Waals surface area contributed by atoms with Crippen LogP contribution >= 0.6 is 11.3 Å². The Kier molecular flexibility index (Phi) is 3.07. The fourth-order valence-electron chi connectivity index (χ4n) is 1.64. The normalized spacial score (nSPS) is 10.3. The Morgan fingerprint density at radius 2 is 2.11 bits per heavy atom. The van der Waals surface area contributed by atoms with Gasteiger partial charge in [0.25, 0.3) is 5.91 Å². The second kappa shape index (κ2) is 5.03. The van der Waals surface area contributed by atoms with Gasteiger partial charge in [0.2, 0.25) is 0 Å². The van der Waals surface area contributed by atoms with Crippen LogP contribution in [0, 0.1) is 0 Å². The minimum absolute atomic E-state index is 0.201. The molecule has 0 fully saturated rings. The Morgan fingerprint density at radius 1 is 1.26 bits per heavy atom. The number of hydrogen-bond acceptors (Lipinski definition) is 4. The molecule has 1 aromatic carbocycles. The van der Waals surface area contributed by atoms with Crippen LogP contribution in [0.25, 0.3) is 5.69 Å². The molecule has 0 atom stereocenters.